The summed E-state index contributed by atoms with van der Waals surface area (Å²) in [6.07, 6.45) is 0. The number of hydrogen-bond donors (Lipinski definition) is 0. The predicted octanol–water partition coefficient (Wildman–Crippen LogP) is 16.0. The molecule has 0 saturated heterocycles. The maximum Gasteiger partial charge on any atom is 0.0618 e. The van der Waals surface area contributed by atoms with Gasteiger partial charge in [-0.3, -0.25) is 0 Å². The Hall–Kier alpha value is -6.74. The van der Waals surface area contributed by atoms with Crippen LogP contribution in [0.15, 0.2) is 200 Å². The summed E-state index contributed by atoms with van der Waals surface area (Å²) in [5.41, 5.74) is 15.7. The fourth-order valence-electron chi connectivity index (χ4n) is 9.53. The van der Waals surface area contributed by atoms with E-state index in [0.717, 1.165) is 11.4 Å². The smallest absolute Gasteiger partial charge is 0.0618 e. The van der Waals surface area contributed by atoms with Gasteiger partial charge in [-0.15, -0.1) is 11.3 Å². The largest absolute Gasteiger partial charge is 0.309 e. The van der Waals surface area contributed by atoms with E-state index < -0.39 is 0 Å². The van der Waals surface area contributed by atoms with Crippen LogP contribution in [0, 0.1) is 0 Å². The number of benzene rings is 9. The Morgan fingerprint density at radius 2 is 1.02 bits per heavy atom. The highest BCUT2D eigenvalue weighted by Crippen LogP contribution is 2.56. The SMILES string of the molecule is CC1(C)c2ccccc2-c2cccc(N(c3cccc(-c4cccc5ccc6sc7ccccc7c6c45)c3)c3c(-c4ccccc4)cccc3-c3ccccc3)c21. The minimum Gasteiger partial charge on any atom is -0.309 e. The number of thiophene rings is 1. The predicted molar refractivity (Wildman–Crippen MR) is 245 cm³/mol. The van der Waals surface area contributed by atoms with Crippen molar-refractivity contribution in [3.05, 3.63) is 211 Å². The fourth-order valence-corrected chi connectivity index (χ4v) is 10.6. The van der Waals surface area contributed by atoms with Gasteiger partial charge in [0.2, 0.25) is 0 Å². The first kappa shape index (κ1) is 33.6. The summed E-state index contributed by atoms with van der Waals surface area (Å²) in [7, 11) is 0. The molecule has 1 heterocycles. The molecule has 0 amide bonds. The molecule has 1 aliphatic rings. The Kier molecular flexibility index (Phi) is 7.77. The average Bonchev–Trinajstić information content (AvgIpc) is 3.77. The van der Waals surface area contributed by atoms with Gasteiger partial charge < -0.3 is 4.90 Å². The third kappa shape index (κ3) is 5.29. The van der Waals surface area contributed by atoms with E-state index >= 15 is 0 Å². The zero-order chi connectivity index (χ0) is 38.1. The number of anilines is 3. The monoisotopic (exact) mass is 745 g/mol. The molecular formula is C55H39NS. The van der Waals surface area contributed by atoms with Crippen molar-refractivity contribution in [3.63, 3.8) is 0 Å². The summed E-state index contributed by atoms with van der Waals surface area (Å²) < 4.78 is 2.64. The normalized spacial score (nSPS) is 12.9. The van der Waals surface area contributed by atoms with Gasteiger partial charge in [-0.05, 0) is 85.6 Å². The summed E-state index contributed by atoms with van der Waals surface area (Å²) in [6.45, 7) is 4.78. The average molecular weight is 746 g/mol. The van der Waals surface area contributed by atoms with Crippen molar-refractivity contribution in [1.29, 1.82) is 0 Å². The Bertz CT molecular complexity index is 3100. The highest BCUT2D eigenvalue weighted by Gasteiger charge is 2.39. The highest BCUT2D eigenvalue weighted by atomic mass is 32.1. The van der Waals surface area contributed by atoms with E-state index in [0.29, 0.717) is 0 Å². The molecule has 10 aromatic rings. The number of rotatable bonds is 6. The van der Waals surface area contributed by atoms with Gasteiger partial charge in [0, 0.05) is 42.4 Å². The lowest BCUT2D eigenvalue weighted by atomic mass is 9.81. The maximum atomic E-state index is 2.57. The zero-order valence-corrected chi connectivity index (χ0v) is 32.7. The first-order valence-electron chi connectivity index (χ1n) is 19.8. The first-order valence-corrected chi connectivity index (χ1v) is 20.6. The molecule has 270 valence electrons. The molecule has 0 saturated carbocycles. The summed E-state index contributed by atoms with van der Waals surface area (Å²) in [4.78, 5) is 2.57. The molecule has 57 heavy (non-hydrogen) atoms. The molecule has 0 radical (unpaired) electrons. The molecule has 0 fully saturated rings. The van der Waals surface area contributed by atoms with Crippen LogP contribution in [0.3, 0.4) is 0 Å². The summed E-state index contributed by atoms with van der Waals surface area (Å²) in [5, 5.41) is 5.22. The maximum absolute atomic E-state index is 2.57. The molecular weight excluding hydrogens is 707 g/mol. The second kappa shape index (κ2) is 13.2. The Morgan fingerprint density at radius 1 is 0.421 bits per heavy atom. The second-order valence-electron chi connectivity index (χ2n) is 15.6. The minimum absolute atomic E-state index is 0.228. The van der Waals surface area contributed by atoms with E-state index in [2.05, 4.69) is 219 Å². The summed E-state index contributed by atoms with van der Waals surface area (Å²) in [5.74, 6) is 0. The molecule has 0 spiro atoms. The Labute approximate surface area is 337 Å². The van der Waals surface area contributed by atoms with E-state index in [1.807, 2.05) is 11.3 Å². The second-order valence-corrected chi connectivity index (χ2v) is 16.7. The van der Waals surface area contributed by atoms with Crippen LogP contribution < -0.4 is 4.90 Å². The lowest BCUT2D eigenvalue weighted by Crippen LogP contribution is -2.21. The van der Waals surface area contributed by atoms with Crippen molar-refractivity contribution in [2.24, 2.45) is 0 Å². The molecule has 11 rings (SSSR count). The van der Waals surface area contributed by atoms with Crippen molar-refractivity contribution in [3.8, 4) is 44.5 Å². The topological polar surface area (TPSA) is 3.24 Å². The lowest BCUT2D eigenvalue weighted by molar-refractivity contribution is 0.661. The number of hydrogen-bond acceptors (Lipinski definition) is 2. The highest BCUT2D eigenvalue weighted by molar-refractivity contribution is 7.26. The third-order valence-electron chi connectivity index (χ3n) is 12.0. The van der Waals surface area contributed by atoms with Gasteiger partial charge in [0.25, 0.3) is 0 Å². The van der Waals surface area contributed by atoms with E-state index in [-0.39, 0.29) is 5.41 Å². The van der Waals surface area contributed by atoms with Gasteiger partial charge in [-0.25, -0.2) is 0 Å². The van der Waals surface area contributed by atoms with Gasteiger partial charge in [-0.2, -0.15) is 0 Å². The first-order chi connectivity index (χ1) is 28.1. The van der Waals surface area contributed by atoms with Crippen LogP contribution in [0.25, 0.3) is 75.5 Å². The summed E-state index contributed by atoms with van der Waals surface area (Å²) in [6, 6.07) is 73.9. The molecule has 0 bridgehead atoms. The Balaban J connectivity index is 1.23. The molecule has 0 atom stereocenters. The van der Waals surface area contributed by atoms with Gasteiger partial charge in [0.1, 0.15) is 0 Å². The van der Waals surface area contributed by atoms with Gasteiger partial charge in [0.15, 0.2) is 0 Å². The van der Waals surface area contributed by atoms with Crippen LogP contribution >= 0.6 is 11.3 Å². The molecule has 0 aliphatic heterocycles. The van der Waals surface area contributed by atoms with Gasteiger partial charge >= 0.3 is 0 Å². The number of para-hydroxylation sites is 1. The van der Waals surface area contributed by atoms with Gasteiger partial charge in [0.05, 0.1) is 11.4 Å². The van der Waals surface area contributed by atoms with Crippen LogP contribution in [-0.4, -0.2) is 0 Å². The van der Waals surface area contributed by atoms with Crippen molar-refractivity contribution < 1.29 is 0 Å². The van der Waals surface area contributed by atoms with Crippen molar-refractivity contribution in [2.45, 2.75) is 19.3 Å². The molecule has 9 aromatic carbocycles. The van der Waals surface area contributed by atoms with Crippen molar-refractivity contribution >= 4 is 59.3 Å². The van der Waals surface area contributed by atoms with E-state index in [4.69, 9.17) is 0 Å². The summed E-state index contributed by atoms with van der Waals surface area (Å²) >= 11 is 1.88. The van der Waals surface area contributed by atoms with E-state index in [1.54, 1.807) is 0 Å². The molecule has 1 aliphatic carbocycles. The van der Waals surface area contributed by atoms with E-state index in [9.17, 15) is 0 Å². The Morgan fingerprint density at radius 3 is 1.81 bits per heavy atom. The molecule has 2 heteroatoms. The van der Waals surface area contributed by atoms with Crippen molar-refractivity contribution in [1.82, 2.24) is 0 Å². The number of nitrogens with zero attached hydrogens (tertiary/aromatic N) is 1. The minimum atomic E-state index is -0.228. The zero-order valence-electron chi connectivity index (χ0n) is 31.9. The fraction of sp³-hybridized carbons (Fsp3) is 0.0545. The van der Waals surface area contributed by atoms with Gasteiger partial charge in [-0.1, -0.05) is 184 Å². The van der Waals surface area contributed by atoms with Crippen LogP contribution in [0.4, 0.5) is 17.1 Å². The van der Waals surface area contributed by atoms with Crippen LogP contribution in [0.1, 0.15) is 25.0 Å². The molecule has 1 aromatic heterocycles. The molecule has 1 nitrogen and oxygen atoms in total. The van der Waals surface area contributed by atoms with Crippen molar-refractivity contribution in [2.75, 3.05) is 4.90 Å². The quantitative estimate of drug-likeness (QED) is 0.164. The molecule has 0 N–H and O–H groups in total. The molecule has 0 unspecified atom stereocenters. The van der Waals surface area contributed by atoms with E-state index in [1.165, 1.54) is 92.3 Å². The van der Waals surface area contributed by atoms with Crippen LogP contribution in [-0.2, 0) is 5.41 Å². The lowest BCUT2D eigenvalue weighted by Gasteiger charge is -2.35. The number of fused-ring (bicyclic) bond motifs is 8. The third-order valence-corrected chi connectivity index (χ3v) is 13.2. The van der Waals surface area contributed by atoms with Crippen LogP contribution in [0.5, 0.6) is 0 Å². The van der Waals surface area contributed by atoms with Crippen LogP contribution in [0.2, 0.25) is 0 Å². The standard InChI is InChI=1S/C55H39NS/c1-55(2)47-30-11-9-24-44(47)45-29-16-31-48(53(45)55)56(54-42(36-17-5-3-6-18-36)27-15-28-43(54)37-19-7-4-8-20-37)40-23-13-22-39(35-40)41-26-14-21-38-33-34-50-52(51(38)41)46-25-10-12-32-49(46)57-50/h3-35H,1-2H3.